The smallest absolute Gasteiger partial charge is 0.276 e. The third kappa shape index (κ3) is 1.67. The highest BCUT2D eigenvalue weighted by Crippen LogP contribution is 2.08. The predicted octanol–water partition coefficient (Wildman–Crippen LogP) is -1.81. The van der Waals surface area contributed by atoms with E-state index >= 15 is 0 Å². The van der Waals surface area contributed by atoms with Crippen LogP contribution in [0.1, 0.15) is 13.3 Å². The Morgan fingerprint density at radius 1 is 1.62 bits per heavy atom. The summed E-state index contributed by atoms with van der Waals surface area (Å²) in [4.78, 5) is 12.6. The number of aliphatic hydroxyl groups is 1. The monoisotopic (exact) mass is 186 g/mol. The third-order valence-electron chi connectivity index (χ3n) is 1.83. The second kappa shape index (κ2) is 3.53. The van der Waals surface area contributed by atoms with Gasteiger partial charge >= 0.3 is 0 Å². The van der Waals surface area contributed by atoms with E-state index < -0.39 is 12.3 Å². The van der Waals surface area contributed by atoms with Crippen molar-refractivity contribution >= 4 is 5.91 Å². The summed E-state index contributed by atoms with van der Waals surface area (Å²) in [5.74, 6) is -0.393. The lowest BCUT2D eigenvalue weighted by atomic mass is 10.3. The lowest BCUT2D eigenvalue weighted by Gasteiger charge is -2.33. The summed E-state index contributed by atoms with van der Waals surface area (Å²) >= 11 is 0. The molecule has 0 spiro atoms. The van der Waals surface area contributed by atoms with E-state index in [1.165, 1.54) is 4.90 Å². The molecule has 1 atom stereocenters. The fourth-order valence-corrected chi connectivity index (χ4v) is 1.14. The van der Waals surface area contributed by atoms with Crippen molar-refractivity contribution in [2.75, 3.05) is 6.54 Å². The Labute approximate surface area is 76.2 Å². The molecule has 0 aromatic rings. The first kappa shape index (κ1) is 9.66. The second-order valence-electron chi connectivity index (χ2n) is 2.84. The van der Waals surface area contributed by atoms with Crippen LogP contribution in [0.2, 0.25) is 0 Å². The molecule has 1 aliphatic rings. The maximum absolute atomic E-state index is 11.4. The molecule has 0 bridgehead atoms. The van der Waals surface area contributed by atoms with Gasteiger partial charge < -0.3 is 21.9 Å². The second-order valence-corrected chi connectivity index (χ2v) is 2.84. The number of carbonyl (C=O) groups is 1. The van der Waals surface area contributed by atoms with Crippen LogP contribution in [0.3, 0.4) is 0 Å². The average molecular weight is 186 g/mol. The fourth-order valence-electron chi connectivity index (χ4n) is 1.14. The van der Waals surface area contributed by atoms with Crippen LogP contribution in [0.15, 0.2) is 11.5 Å². The van der Waals surface area contributed by atoms with Gasteiger partial charge in [-0.25, -0.2) is 0 Å². The molecule has 1 heterocycles. The lowest BCUT2D eigenvalue weighted by Crippen LogP contribution is -2.56. The van der Waals surface area contributed by atoms with Crippen molar-refractivity contribution in [2.24, 2.45) is 11.5 Å². The molecule has 0 saturated heterocycles. The normalized spacial score (nSPS) is 23.4. The summed E-state index contributed by atoms with van der Waals surface area (Å²) in [6.45, 7) is 2.35. The summed E-state index contributed by atoms with van der Waals surface area (Å²) in [6.07, 6.45) is -0.322. The first-order valence-corrected chi connectivity index (χ1v) is 4.08. The minimum atomic E-state index is -1.07. The number of hydrogen-bond donors (Lipinski definition) is 4. The Kier molecular flexibility index (Phi) is 2.62. The van der Waals surface area contributed by atoms with Gasteiger partial charge in [0, 0.05) is 6.54 Å². The third-order valence-corrected chi connectivity index (χ3v) is 1.83. The highest BCUT2D eigenvalue weighted by Gasteiger charge is 2.29. The van der Waals surface area contributed by atoms with Crippen LogP contribution >= 0.6 is 0 Å². The van der Waals surface area contributed by atoms with E-state index in [1.807, 2.05) is 6.92 Å². The molecule has 0 aromatic heterocycles. The van der Waals surface area contributed by atoms with Crippen molar-refractivity contribution < 1.29 is 9.90 Å². The number of nitrogens with two attached hydrogens (primary N) is 2. The van der Waals surface area contributed by atoms with E-state index in [2.05, 4.69) is 5.32 Å². The van der Waals surface area contributed by atoms with Crippen LogP contribution in [0.4, 0.5) is 0 Å². The molecular formula is C7H14N4O2. The largest absolute Gasteiger partial charge is 0.391 e. The number of nitrogens with zero attached hydrogens (tertiary/aromatic N) is 1. The summed E-state index contributed by atoms with van der Waals surface area (Å²) in [5, 5.41) is 11.9. The van der Waals surface area contributed by atoms with Crippen molar-refractivity contribution in [1.29, 1.82) is 0 Å². The Morgan fingerprint density at radius 3 is 2.77 bits per heavy atom. The molecular weight excluding hydrogens is 172 g/mol. The number of amides is 1. The van der Waals surface area contributed by atoms with Crippen LogP contribution in [-0.2, 0) is 4.79 Å². The van der Waals surface area contributed by atoms with Gasteiger partial charge in [-0.2, -0.15) is 0 Å². The molecule has 6 nitrogen and oxygen atoms in total. The predicted molar refractivity (Wildman–Crippen MR) is 46.5 cm³/mol. The Balaban J connectivity index is 2.84. The molecule has 0 aromatic carbocycles. The topological polar surface area (TPSA) is 105 Å². The van der Waals surface area contributed by atoms with Gasteiger partial charge in [-0.15, -0.1) is 0 Å². The highest BCUT2D eigenvalue weighted by atomic mass is 16.3. The maximum Gasteiger partial charge on any atom is 0.276 e. The molecule has 1 amide bonds. The van der Waals surface area contributed by atoms with Crippen molar-refractivity contribution in [2.45, 2.75) is 19.7 Å². The van der Waals surface area contributed by atoms with Crippen molar-refractivity contribution in [3.63, 3.8) is 0 Å². The van der Waals surface area contributed by atoms with Gasteiger partial charge in [-0.3, -0.25) is 9.69 Å². The van der Waals surface area contributed by atoms with Gasteiger partial charge in [0.1, 0.15) is 11.5 Å². The zero-order chi connectivity index (χ0) is 10.0. The van der Waals surface area contributed by atoms with Gasteiger partial charge in [-0.05, 0) is 6.42 Å². The van der Waals surface area contributed by atoms with E-state index in [-0.39, 0.29) is 11.5 Å². The van der Waals surface area contributed by atoms with Crippen molar-refractivity contribution in [1.82, 2.24) is 10.2 Å². The van der Waals surface area contributed by atoms with Crippen LogP contribution in [0, 0.1) is 0 Å². The Bertz CT molecular complexity index is 251. The van der Waals surface area contributed by atoms with Gasteiger partial charge in [0.2, 0.25) is 6.35 Å². The Hall–Kier alpha value is -1.43. The van der Waals surface area contributed by atoms with Gasteiger partial charge in [-0.1, -0.05) is 6.92 Å². The summed E-state index contributed by atoms with van der Waals surface area (Å²) in [6, 6.07) is 0. The van der Waals surface area contributed by atoms with Crippen LogP contribution in [-0.4, -0.2) is 28.8 Å². The van der Waals surface area contributed by atoms with Gasteiger partial charge in [0.15, 0.2) is 0 Å². The number of carbonyl (C=O) groups excluding carboxylic acids is 1. The minimum absolute atomic E-state index is 0.0323. The molecule has 1 unspecified atom stereocenters. The summed E-state index contributed by atoms with van der Waals surface area (Å²) < 4.78 is 0. The van der Waals surface area contributed by atoms with Gasteiger partial charge in [0.05, 0.1) is 0 Å². The molecule has 6 N–H and O–H groups in total. The Morgan fingerprint density at radius 2 is 2.23 bits per heavy atom. The van der Waals surface area contributed by atoms with Crippen LogP contribution in [0.5, 0.6) is 0 Å². The molecule has 74 valence electrons. The molecule has 1 aliphatic heterocycles. The summed E-state index contributed by atoms with van der Waals surface area (Å²) in [5.41, 5.74) is 10.7. The molecule has 13 heavy (non-hydrogen) atoms. The standard InChI is InChI=1S/C7H14N4O2/c1-2-3-11-6(12)4(8)5(9)10-7(11)13/h7,10,13H,2-3,8-9H2,1H3. The zero-order valence-corrected chi connectivity index (χ0v) is 7.45. The SMILES string of the molecule is CCCN1C(=O)C(N)=C(N)NC1O. The molecule has 1 rings (SSSR count). The quantitative estimate of drug-likeness (QED) is 0.407. The van der Waals surface area contributed by atoms with E-state index in [0.29, 0.717) is 6.54 Å². The van der Waals surface area contributed by atoms with E-state index in [4.69, 9.17) is 11.5 Å². The molecule has 0 aliphatic carbocycles. The maximum atomic E-state index is 11.4. The number of rotatable bonds is 2. The molecule has 0 saturated carbocycles. The van der Waals surface area contributed by atoms with E-state index in [0.717, 1.165) is 6.42 Å². The van der Waals surface area contributed by atoms with Crippen molar-refractivity contribution in [3.8, 4) is 0 Å². The first-order valence-electron chi connectivity index (χ1n) is 4.08. The van der Waals surface area contributed by atoms with E-state index in [9.17, 15) is 9.90 Å². The highest BCUT2D eigenvalue weighted by molar-refractivity contribution is 5.93. The number of hydrogen-bond acceptors (Lipinski definition) is 5. The fraction of sp³-hybridized carbons (Fsp3) is 0.571. The van der Waals surface area contributed by atoms with Crippen molar-refractivity contribution in [3.05, 3.63) is 11.5 Å². The van der Waals surface area contributed by atoms with Crippen LogP contribution < -0.4 is 16.8 Å². The average Bonchev–Trinajstić information content (AvgIpc) is 2.09. The molecule has 0 radical (unpaired) electrons. The minimum Gasteiger partial charge on any atom is -0.391 e. The number of aliphatic hydroxyl groups excluding tert-OH is 1. The van der Waals surface area contributed by atoms with Crippen LogP contribution in [0.25, 0.3) is 0 Å². The molecule has 0 fully saturated rings. The molecule has 6 heteroatoms. The first-order chi connectivity index (χ1) is 6.07. The zero-order valence-electron chi connectivity index (χ0n) is 7.45. The summed E-state index contributed by atoms with van der Waals surface area (Å²) in [7, 11) is 0. The van der Waals surface area contributed by atoms with Gasteiger partial charge in [0.25, 0.3) is 5.91 Å². The van der Waals surface area contributed by atoms with E-state index in [1.54, 1.807) is 0 Å². The lowest BCUT2D eigenvalue weighted by molar-refractivity contribution is -0.141. The number of nitrogens with one attached hydrogen (secondary N) is 1.